The van der Waals surface area contributed by atoms with Gasteiger partial charge in [0.2, 0.25) is 0 Å². The van der Waals surface area contributed by atoms with E-state index in [0.29, 0.717) is 0 Å². The van der Waals surface area contributed by atoms with Crippen molar-refractivity contribution in [3.8, 4) is 0 Å². The van der Waals surface area contributed by atoms with Gasteiger partial charge in [-0.2, -0.15) is 0 Å². The number of hydrogen-bond acceptors (Lipinski definition) is 2. The van der Waals surface area contributed by atoms with Gasteiger partial charge in [-0.1, -0.05) is 44.0 Å². The van der Waals surface area contributed by atoms with Crippen LogP contribution in [0.1, 0.15) is 43.7 Å². The zero-order chi connectivity index (χ0) is 11.6. The molecule has 0 bridgehead atoms. The number of nitrogens with two attached hydrogens (primary N) is 1. The lowest BCUT2D eigenvalue weighted by Crippen LogP contribution is -2.22. The van der Waals surface area contributed by atoms with Gasteiger partial charge in [0.15, 0.2) is 0 Å². The van der Waals surface area contributed by atoms with Gasteiger partial charge in [-0.15, -0.1) is 0 Å². The van der Waals surface area contributed by atoms with Gasteiger partial charge in [0.25, 0.3) is 0 Å². The molecule has 1 aromatic rings. The van der Waals surface area contributed by atoms with E-state index in [9.17, 15) is 0 Å². The lowest BCUT2D eigenvalue weighted by Gasteiger charge is -2.04. The molecule has 1 rings (SSSR count). The number of rotatable bonds is 8. The molecule has 1 aromatic carbocycles. The van der Waals surface area contributed by atoms with Crippen molar-refractivity contribution >= 4 is 0 Å². The van der Waals surface area contributed by atoms with Crippen LogP contribution in [0.3, 0.4) is 0 Å². The van der Waals surface area contributed by atoms with Gasteiger partial charge in [0.05, 0.1) is 0 Å². The zero-order valence-electron chi connectivity index (χ0n) is 10.3. The van der Waals surface area contributed by atoms with Crippen LogP contribution in [0.15, 0.2) is 24.3 Å². The van der Waals surface area contributed by atoms with E-state index in [1.54, 1.807) is 0 Å². The second-order valence-electron chi connectivity index (χ2n) is 4.29. The highest BCUT2D eigenvalue weighted by Gasteiger charge is 1.95. The molecule has 0 radical (unpaired) electrons. The van der Waals surface area contributed by atoms with E-state index in [0.717, 1.165) is 13.0 Å². The minimum Gasteiger partial charge on any atom is -0.271 e. The first kappa shape index (κ1) is 13.2. The summed E-state index contributed by atoms with van der Waals surface area (Å²) in [6.45, 7) is 3.14. The van der Waals surface area contributed by atoms with E-state index in [2.05, 4.69) is 36.6 Å². The maximum atomic E-state index is 5.22. The molecular weight excluding hydrogens is 196 g/mol. The Hall–Kier alpha value is -0.860. The van der Waals surface area contributed by atoms with Gasteiger partial charge in [0, 0.05) is 6.54 Å². The normalized spacial score (nSPS) is 10.6. The fourth-order valence-corrected chi connectivity index (χ4v) is 1.91. The van der Waals surface area contributed by atoms with Crippen molar-refractivity contribution in [2.75, 3.05) is 6.54 Å². The third-order valence-corrected chi connectivity index (χ3v) is 2.94. The smallest absolute Gasteiger partial charge is 0.00974 e. The quantitative estimate of drug-likeness (QED) is 0.401. The van der Waals surface area contributed by atoms with Crippen LogP contribution in [0.2, 0.25) is 0 Å². The molecule has 0 aliphatic heterocycles. The van der Waals surface area contributed by atoms with Crippen LogP contribution in [0.25, 0.3) is 0 Å². The van der Waals surface area contributed by atoms with Crippen molar-refractivity contribution in [1.82, 2.24) is 5.43 Å². The van der Waals surface area contributed by atoms with Crippen molar-refractivity contribution < 1.29 is 0 Å². The Kier molecular flexibility index (Phi) is 6.86. The number of hydrazine groups is 1. The Labute approximate surface area is 99.2 Å². The average molecular weight is 220 g/mol. The van der Waals surface area contributed by atoms with E-state index in [4.69, 9.17) is 5.84 Å². The summed E-state index contributed by atoms with van der Waals surface area (Å²) in [4.78, 5) is 0. The van der Waals surface area contributed by atoms with Crippen molar-refractivity contribution in [1.29, 1.82) is 0 Å². The van der Waals surface area contributed by atoms with E-state index in [1.807, 2.05) is 0 Å². The molecule has 0 saturated heterocycles. The molecule has 0 heterocycles. The molecule has 16 heavy (non-hydrogen) atoms. The Morgan fingerprint density at radius 3 is 2.56 bits per heavy atom. The minimum atomic E-state index is 0.936. The largest absolute Gasteiger partial charge is 0.271 e. The first-order chi connectivity index (χ1) is 7.86. The van der Waals surface area contributed by atoms with Gasteiger partial charge in [0.1, 0.15) is 0 Å². The molecule has 0 atom stereocenters. The molecule has 0 spiro atoms. The van der Waals surface area contributed by atoms with E-state index >= 15 is 0 Å². The van der Waals surface area contributed by atoms with Gasteiger partial charge < -0.3 is 0 Å². The fourth-order valence-electron chi connectivity index (χ4n) is 1.91. The predicted molar refractivity (Wildman–Crippen MR) is 70.2 cm³/mol. The van der Waals surface area contributed by atoms with Crippen LogP contribution in [0.5, 0.6) is 0 Å². The summed E-state index contributed by atoms with van der Waals surface area (Å²) in [6.07, 6.45) is 7.40. The molecule has 0 fully saturated rings. The lowest BCUT2D eigenvalue weighted by atomic mass is 10.0. The fraction of sp³-hybridized carbons (Fsp3) is 0.571. The number of benzene rings is 1. The Morgan fingerprint density at radius 2 is 1.81 bits per heavy atom. The summed E-state index contributed by atoms with van der Waals surface area (Å²) in [5.41, 5.74) is 5.62. The summed E-state index contributed by atoms with van der Waals surface area (Å²) < 4.78 is 0. The number of nitrogens with one attached hydrogen (secondary N) is 1. The standard InChI is InChI=1S/C14H24N2/c1-2-13-9-7-10-14(12-13)8-5-3-4-6-11-16-15/h7,9-10,12,16H,2-6,8,11,15H2,1H3. The molecule has 3 N–H and O–H groups in total. The molecule has 0 aromatic heterocycles. The van der Waals surface area contributed by atoms with Crippen molar-refractivity contribution in [3.05, 3.63) is 35.4 Å². The van der Waals surface area contributed by atoms with Crippen LogP contribution >= 0.6 is 0 Å². The van der Waals surface area contributed by atoms with E-state index in [1.165, 1.54) is 43.2 Å². The molecule has 0 aliphatic carbocycles. The third-order valence-electron chi connectivity index (χ3n) is 2.94. The van der Waals surface area contributed by atoms with Gasteiger partial charge in [-0.3, -0.25) is 11.3 Å². The second kappa shape index (κ2) is 8.31. The van der Waals surface area contributed by atoms with Crippen LogP contribution in [-0.2, 0) is 12.8 Å². The van der Waals surface area contributed by atoms with Gasteiger partial charge in [-0.25, -0.2) is 0 Å². The first-order valence-electron chi connectivity index (χ1n) is 6.38. The predicted octanol–water partition coefficient (Wildman–Crippen LogP) is 2.82. The molecule has 2 heteroatoms. The summed E-state index contributed by atoms with van der Waals surface area (Å²) >= 11 is 0. The molecule has 0 amide bonds. The topological polar surface area (TPSA) is 38.0 Å². The second-order valence-corrected chi connectivity index (χ2v) is 4.29. The SMILES string of the molecule is CCc1cccc(CCCCCCNN)c1. The Morgan fingerprint density at radius 1 is 1.06 bits per heavy atom. The lowest BCUT2D eigenvalue weighted by molar-refractivity contribution is 0.600. The summed E-state index contributed by atoms with van der Waals surface area (Å²) in [6, 6.07) is 8.95. The molecular formula is C14H24N2. The van der Waals surface area contributed by atoms with Gasteiger partial charge >= 0.3 is 0 Å². The van der Waals surface area contributed by atoms with Crippen molar-refractivity contribution in [2.24, 2.45) is 5.84 Å². The Bertz CT molecular complexity index is 284. The third kappa shape index (κ3) is 5.29. The molecule has 0 unspecified atom stereocenters. The number of hydrogen-bond donors (Lipinski definition) is 2. The highest BCUT2D eigenvalue weighted by molar-refractivity contribution is 5.23. The van der Waals surface area contributed by atoms with Crippen LogP contribution in [0.4, 0.5) is 0 Å². The van der Waals surface area contributed by atoms with Crippen LogP contribution in [0, 0.1) is 0 Å². The number of unbranched alkanes of at least 4 members (excludes halogenated alkanes) is 3. The van der Waals surface area contributed by atoms with E-state index in [-0.39, 0.29) is 0 Å². The Balaban J connectivity index is 2.16. The molecule has 90 valence electrons. The van der Waals surface area contributed by atoms with Crippen molar-refractivity contribution in [3.63, 3.8) is 0 Å². The molecule has 2 nitrogen and oxygen atoms in total. The highest BCUT2D eigenvalue weighted by atomic mass is 15.2. The van der Waals surface area contributed by atoms with E-state index < -0.39 is 0 Å². The summed E-state index contributed by atoms with van der Waals surface area (Å²) in [7, 11) is 0. The summed E-state index contributed by atoms with van der Waals surface area (Å²) in [5.74, 6) is 5.22. The van der Waals surface area contributed by atoms with Crippen molar-refractivity contribution in [2.45, 2.75) is 45.4 Å². The monoisotopic (exact) mass is 220 g/mol. The maximum absolute atomic E-state index is 5.22. The average Bonchev–Trinajstić information content (AvgIpc) is 2.34. The maximum Gasteiger partial charge on any atom is 0.00974 e. The minimum absolute atomic E-state index is 0.936. The summed E-state index contributed by atoms with van der Waals surface area (Å²) in [5, 5.41) is 0. The van der Waals surface area contributed by atoms with Crippen LogP contribution in [-0.4, -0.2) is 6.54 Å². The highest BCUT2D eigenvalue weighted by Crippen LogP contribution is 2.10. The molecule has 0 saturated carbocycles. The number of aryl methyl sites for hydroxylation is 2. The van der Waals surface area contributed by atoms with Crippen LogP contribution < -0.4 is 11.3 Å². The first-order valence-corrected chi connectivity index (χ1v) is 6.38. The zero-order valence-corrected chi connectivity index (χ0v) is 10.3. The van der Waals surface area contributed by atoms with Gasteiger partial charge in [-0.05, 0) is 36.8 Å². The molecule has 0 aliphatic rings.